The summed E-state index contributed by atoms with van der Waals surface area (Å²) in [5, 5.41) is 0.527. The third kappa shape index (κ3) is 2.74. The van der Waals surface area contributed by atoms with Gasteiger partial charge in [0.05, 0.1) is 10.6 Å². The molecule has 100 valence electrons. The van der Waals surface area contributed by atoms with Gasteiger partial charge in [-0.2, -0.15) is 0 Å². The van der Waals surface area contributed by atoms with Crippen LogP contribution in [0.2, 0.25) is 5.02 Å². The molecule has 0 N–H and O–H groups in total. The summed E-state index contributed by atoms with van der Waals surface area (Å²) in [7, 11) is -2.02. The lowest BCUT2D eigenvalue weighted by molar-refractivity contribution is 0.594. The SMILES string of the molecule is Cc1cc(Cl)ccc1S(=O)(=O)N(C)c1ccccc1. The summed E-state index contributed by atoms with van der Waals surface area (Å²) in [6, 6.07) is 13.7. The quantitative estimate of drug-likeness (QED) is 0.869. The lowest BCUT2D eigenvalue weighted by atomic mass is 10.2. The number of hydrogen-bond acceptors (Lipinski definition) is 2. The van der Waals surface area contributed by atoms with Crippen LogP contribution in [0.3, 0.4) is 0 Å². The third-order valence-corrected chi connectivity index (χ3v) is 5.08. The first-order chi connectivity index (χ1) is 8.93. The molecular formula is C14H14ClNO2S. The molecule has 0 saturated carbocycles. The molecule has 0 spiro atoms. The van der Waals surface area contributed by atoms with Crippen LogP contribution in [-0.4, -0.2) is 15.5 Å². The van der Waals surface area contributed by atoms with Crippen LogP contribution in [0.5, 0.6) is 0 Å². The average molecular weight is 296 g/mol. The number of nitrogens with zero attached hydrogens (tertiary/aromatic N) is 1. The molecule has 3 nitrogen and oxygen atoms in total. The smallest absolute Gasteiger partial charge is 0.264 e. The van der Waals surface area contributed by atoms with Crippen molar-refractivity contribution < 1.29 is 8.42 Å². The first kappa shape index (κ1) is 13.9. The van der Waals surface area contributed by atoms with E-state index in [2.05, 4.69) is 0 Å². The standard InChI is InChI=1S/C14H14ClNO2S/c1-11-10-12(15)8-9-14(11)19(17,18)16(2)13-6-4-3-5-7-13/h3-10H,1-2H3. The highest BCUT2D eigenvalue weighted by molar-refractivity contribution is 7.92. The molecule has 0 aliphatic heterocycles. The molecule has 0 saturated heterocycles. The van der Waals surface area contributed by atoms with E-state index in [0.29, 0.717) is 16.3 Å². The minimum atomic E-state index is -3.56. The van der Waals surface area contributed by atoms with Crippen LogP contribution in [0, 0.1) is 6.92 Å². The van der Waals surface area contributed by atoms with Gasteiger partial charge in [0.2, 0.25) is 0 Å². The zero-order chi connectivity index (χ0) is 14.0. The number of halogens is 1. The molecule has 19 heavy (non-hydrogen) atoms. The topological polar surface area (TPSA) is 37.4 Å². The second kappa shape index (κ2) is 5.23. The fourth-order valence-electron chi connectivity index (χ4n) is 1.83. The maximum Gasteiger partial charge on any atom is 0.264 e. The Balaban J connectivity index is 2.48. The highest BCUT2D eigenvalue weighted by Crippen LogP contribution is 2.25. The normalized spacial score (nSPS) is 11.3. The maximum atomic E-state index is 12.5. The summed E-state index contributed by atoms with van der Waals surface area (Å²) in [6.07, 6.45) is 0. The number of sulfonamides is 1. The van der Waals surface area contributed by atoms with Gasteiger partial charge in [-0.3, -0.25) is 4.31 Å². The molecule has 0 bridgehead atoms. The van der Waals surface area contributed by atoms with Gasteiger partial charge in [-0.15, -0.1) is 0 Å². The van der Waals surface area contributed by atoms with Gasteiger partial charge in [0, 0.05) is 12.1 Å². The van der Waals surface area contributed by atoms with Crippen LogP contribution >= 0.6 is 11.6 Å². The molecule has 0 heterocycles. The van der Waals surface area contributed by atoms with Gasteiger partial charge < -0.3 is 0 Å². The number of anilines is 1. The van der Waals surface area contributed by atoms with E-state index in [1.165, 1.54) is 10.4 Å². The van der Waals surface area contributed by atoms with Crippen molar-refractivity contribution in [2.45, 2.75) is 11.8 Å². The first-order valence-corrected chi connectivity index (χ1v) is 7.55. The van der Waals surface area contributed by atoms with E-state index >= 15 is 0 Å². The van der Waals surface area contributed by atoms with Gasteiger partial charge in [-0.25, -0.2) is 8.42 Å². The Hall–Kier alpha value is -1.52. The van der Waals surface area contributed by atoms with E-state index in [-0.39, 0.29) is 4.90 Å². The highest BCUT2D eigenvalue weighted by atomic mass is 35.5. The molecule has 0 aliphatic rings. The predicted octanol–water partition coefficient (Wildman–Crippen LogP) is 3.47. The van der Waals surface area contributed by atoms with Crippen molar-refractivity contribution in [3.8, 4) is 0 Å². The summed E-state index contributed by atoms with van der Waals surface area (Å²) in [5.74, 6) is 0. The van der Waals surface area contributed by atoms with Crippen LogP contribution < -0.4 is 4.31 Å². The van der Waals surface area contributed by atoms with Gasteiger partial charge in [0.25, 0.3) is 10.0 Å². The van der Waals surface area contributed by atoms with Crippen molar-refractivity contribution in [2.75, 3.05) is 11.4 Å². The molecule has 0 aromatic heterocycles. The second-order valence-corrected chi connectivity index (χ2v) is 6.59. The summed E-state index contributed by atoms with van der Waals surface area (Å²) < 4.78 is 26.4. The van der Waals surface area contributed by atoms with E-state index in [1.807, 2.05) is 6.07 Å². The van der Waals surface area contributed by atoms with Crippen molar-refractivity contribution >= 4 is 27.3 Å². The molecule has 2 rings (SSSR count). The second-order valence-electron chi connectivity index (χ2n) is 4.22. The number of para-hydroxylation sites is 1. The molecule has 0 fully saturated rings. The largest absolute Gasteiger partial charge is 0.269 e. The van der Waals surface area contributed by atoms with Gasteiger partial charge >= 0.3 is 0 Å². The number of rotatable bonds is 3. The zero-order valence-electron chi connectivity index (χ0n) is 10.7. The lowest BCUT2D eigenvalue weighted by Crippen LogP contribution is -2.27. The molecule has 5 heteroatoms. The van der Waals surface area contributed by atoms with Crippen LogP contribution in [0.4, 0.5) is 5.69 Å². The Labute approximate surface area is 118 Å². The van der Waals surface area contributed by atoms with Crippen LogP contribution in [0.15, 0.2) is 53.4 Å². The Morgan fingerprint density at radius 1 is 1.05 bits per heavy atom. The van der Waals surface area contributed by atoms with Crippen molar-refractivity contribution in [3.05, 3.63) is 59.1 Å². The molecule has 0 amide bonds. The average Bonchev–Trinajstić information content (AvgIpc) is 2.38. The van der Waals surface area contributed by atoms with Crippen LogP contribution in [0.1, 0.15) is 5.56 Å². The summed E-state index contributed by atoms with van der Waals surface area (Å²) in [4.78, 5) is 0.267. The minimum Gasteiger partial charge on any atom is -0.269 e. The first-order valence-electron chi connectivity index (χ1n) is 5.73. The maximum absolute atomic E-state index is 12.5. The zero-order valence-corrected chi connectivity index (χ0v) is 12.2. The summed E-state index contributed by atoms with van der Waals surface area (Å²) in [6.45, 7) is 1.73. The molecule has 0 atom stereocenters. The van der Waals surface area contributed by atoms with Crippen LogP contribution in [0.25, 0.3) is 0 Å². The monoisotopic (exact) mass is 295 g/mol. The summed E-state index contributed by atoms with van der Waals surface area (Å²) in [5.41, 5.74) is 1.26. The Morgan fingerprint density at radius 2 is 1.68 bits per heavy atom. The minimum absolute atomic E-state index is 0.267. The molecule has 2 aromatic rings. The van der Waals surface area contributed by atoms with Crippen molar-refractivity contribution in [2.24, 2.45) is 0 Å². The van der Waals surface area contributed by atoms with Crippen molar-refractivity contribution in [3.63, 3.8) is 0 Å². The molecule has 0 aliphatic carbocycles. The predicted molar refractivity (Wildman–Crippen MR) is 78.2 cm³/mol. The van der Waals surface area contributed by atoms with Gasteiger partial charge in [0.1, 0.15) is 0 Å². The molecule has 0 unspecified atom stereocenters. The lowest BCUT2D eigenvalue weighted by Gasteiger charge is -2.20. The Morgan fingerprint density at radius 3 is 2.26 bits per heavy atom. The molecule has 2 aromatic carbocycles. The van der Waals surface area contributed by atoms with E-state index in [0.717, 1.165) is 0 Å². The van der Waals surface area contributed by atoms with E-state index in [9.17, 15) is 8.42 Å². The van der Waals surface area contributed by atoms with Gasteiger partial charge in [0.15, 0.2) is 0 Å². The van der Waals surface area contributed by atoms with Crippen LogP contribution in [-0.2, 0) is 10.0 Å². The van der Waals surface area contributed by atoms with Crippen molar-refractivity contribution in [1.29, 1.82) is 0 Å². The summed E-state index contributed by atoms with van der Waals surface area (Å²) >= 11 is 5.86. The number of aryl methyl sites for hydroxylation is 1. The highest BCUT2D eigenvalue weighted by Gasteiger charge is 2.22. The fraction of sp³-hybridized carbons (Fsp3) is 0.143. The van der Waals surface area contributed by atoms with Gasteiger partial charge in [-0.05, 0) is 42.8 Å². The van der Waals surface area contributed by atoms with Crippen molar-refractivity contribution in [1.82, 2.24) is 0 Å². The number of hydrogen-bond donors (Lipinski definition) is 0. The third-order valence-electron chi connectivity index (χ3n) is 2.90. The molecular weight excluding hydrogens is 282 g/mol. The van der Waals surface area contributed by atoms with E-state index in [1.54, 1.807) is 50.4 Å². The Kier molecular flexibility index (Phi) is 3.83. The van der Waals surface area contributed by atoms with E-state index in [4.69, 9.17) is 11.6 Å². The fourth-order valence-corrected chi connectivity index (χ4v) is 3.45. The van der Waals surface area contributed by atoms with E-state index < -0.39 is 10.0 Å². The Bertz CT molecular complexity index is 684. The van der Waals surface area contributed by atoms with Gasteiger partial charge in [-0.1, -0.05) is 29.8 Å². The number of benzene rings is 2. The molecule has 0 radical (unpaired) electrons.